The molecule has 3 aromatic rings. The van der Waals surface area contributed by atoms with Gasteiger partial charge in [-0.05, 0) is 31.0 Å². The summed E-state index contributed by atoms with van der Waals surface area (Å²) in [5.41, 5.74) is 0.312. The number of nitrogens with zero attached hydrogens (tertiary/aromatic N) is 4. The van der Waals surface area contributed by atoms with E-state index in [1.165, 1.54) is 31.3 Å². The number of aromatic hydroxyl groups is 1. The topological polar surface area (TPSA) is 122 Å². The van der Waals surface area contributed by atoms with Crippen molar-refractivity contribution < 1.29 is 10.0 Å². The minimum absolute atomic E-state index is 0.0914. The highest BCUT2D eigenvalue weighted by atomic mass is 16.6. The van der Waals surface area contributed by atoms with E-state index in [1.54, 1.807) is 13.0 Å². The normalized spacial score (nSPS) is 11.9. The molecule has 1 N–H and O–H groups in total. The summed E-state index contributed by atoms with van der Waals surface area (Å²) in [6.45, 7) is 3.26. The van der Waals surface area contributed by atoms with Crippen molar-refractivity contribution in [1.82, 2.24) is 4.57 Å². The fourth-order valence-corrected chi connectivity index (χ4v) is 3.20. The minimum Gasteiger partial charge on any atom is -0.494 e. The summed E-state index contributed by atoms with van der Waals surface area (Å²) in [5, 5.41) is 31.6. The number of nitriles is 1. The molecule has 0 aliphatic rings. The summed E-state index contributed by atoms with van der Waals surface area (Å²) in [7, 11) is 0. The van der Waals surface area contributed by atoms with Gasteiger partial charge >= 0.3 is 0 Å². The van der Waals surface area contributed by atoms with Gasteiger partial charge in [0.15, 0.2) is 0 Å². The fraction of sp³-hybridized carbons (Fsp3) is 0.136. The van der Waals surface area contributed by atoms with Gasteiger partial charge in [-0.15, -0.1) is 0 Å². The standard InChI is InChI=1S/C22H18N4O4/c1-14-17(12-23)21(27)25(15(2)16-8-4-3-5-9-16)22(28)18(14)13-24-19-10-6-7-11-20(19)26(29)30/h3-11,13,15,28H,1-2H3. The summed E-state index contributed by atoms with van der Waals surface area (Å²) in [5.74, 6) is -0.366. The lowest BCUT2D eigenvalue weighted by atomic mass is 10.0. The summed E-state index contributed by atoms with van der Waals surface area (Å²) >= 11 is 0. The Bertz CT molecular complexity index is 1240. The fourth-order valence-electron chi connectivity index (χ4n) is 3.20. The molecule has 1 aromatic heterocycles. The maximum Gasteiger partial charge on any atom is 0.294 e. The van der Waals surface area contributed by atoms with E-state index in [0.29, 0.717) is 0 Å². The molecule has 1 atom stereocenters. The molecule has 0 radical (unpaired) electrons. The SMILES string of the molecule is Cc1c(C=Nc2ccccc2[N+](=O)[O-])c(O)n(C(C)c2ccccc2)c(=O)c1C#N. The average molecular weight is 402 g/mol. The number of nitro benzene ring substituents is 1. The molecule has 8 nitrogen and oxygen atoms in total. The highest BCUT2D eigenvalue weighted by Crippen LogP contribution is 2.29. The monoisotopic (exact) mass is 402 g/mol. The van der Waals surface area contributed by atoms with E-state index in [4.69, 9.17) is 0 Å². The Balaban J connectivity index is 2.20. The van der Waals surface area contributed by atoms with Crippen LogP contribution in [0, 0.1) is 28.4 Å². The minimum atomic E-state index is -0.619. The molecule has 150 valence electrons. The van der Waals surface area contributed by atoms with Crippen LogP contribution in [0.2, 0.25) is 0 Å². The Morgan fingerprint density at radius 2 is 1.83 bits per heavy atom. The summed E-state index contributed by atoms with van der Waals surface area (Å²) in [6, 6.07) is 16.3. The number of hydrogen-bond donors (Lipinski definition) is 1. The average Bonchev–Trinajstić information content (AvgIpc) is 2.74. The number of nitro groups is 1. The van der Waals surface area contributed by atoms with Gasteiger partial charge in [-0.1, -0.05) is 42.5 Å². The van der Waals surface area contributed by atoms with Crippen LogP contribution in [0.4, 0.5) is 11.4 Å². The number of aromatic nitrogens is 1. The zero-order valence-electron chi connectivity index (χ0n) is 16.3. The van der Waals surface area contributed by atoms with Gasteiger partial charge in [0.05, 0.1) is 16.5 Å². The molecule has 0 aliphatic carbocycles. The molecule has 0 saturated carbocycles. The lowest BCUT2D eigenvalue weighted by molar-refractivity contribution is -0.384. The van der Waals surface area contributed by atoms with E-state index >= 15 is 0 Å². The van der Waals surface area contributed by atoms with E-state index in [-0.39, 0.29) is 33.9 Å². The largest absolute Gasteiger partial charge is 0.494 e. The Morgan fingerprint density at radius 1 is 1.20 bits per heavy atom. The van der Waals surface area contributed by atoms with Crippen molar-refractivity contribution in [2.24, 2.45) is 4.99 Å². The van der Waals surface area contributed by atoms with Gasteiger partial charge in [-0.3, -0.25) is 19.5 Å². The summed E-state index contributed by atoms with van der Waals surface area (Å²) in [4.78, 5) is 27.7. The van der Waals surface area contributed by atoms with Crippen LogP contribution in [0.5, 0.6) is 5.88 Å². The van der Waals surface area contributed by atoms with Crippen molar-refractivity contribution in [1.29, 1.82) is 5.26 Å². The van der Waals surface area contributed by atoms with Crippen LogP contribution >= 0.6 is 0 Å². The first-order valence-electron chi connectivity index (χ1n) is 9.07. The molecular weight excluding hydrogens is 384 g/mol. The van der Waals surface area contributed by atoms with E-state index in [1.807, 2.05) is 36.4 Å². The molecule has 0 saturated heterocycles. The first kappa shape index (κ1) is 20.5. The first-order valence-corrected chi connectivity index (χ1v) is 9.07. The molecule has 1 heterocycles. The van der Waals surface area contributed by atoms with E-state index in [2.05, 4.69) is 4.99 Å². The van der Waals surface area contributed by atoms with Crippen LogP contribution in [0.3, 0.4) is 0 Å². The Hall–Kier alpha value is -4.25. The predicted octanol–water partition coefficient (Wildman–Crippen LogP) is 4.00. The van der Waals surface area contributed by atoms with Crippen molar-refractivity contribution >= 4 is 17.6 Å². The Labute approximate surface area is 172 Å². The maximum atomic E-state index is 12.9. The van der Waals surface area contributed by atoms with Crippen molar-refractivity contribution in [3.8, 4) is 11.9 Å². The Morgan fingerprint density at radius 3 is 2.47 bits per heavy atom. The smallest absolute Gasteiger partial charge is 0.294 e. The molecule has 1 unspecified atom stereocenters. The number of aliphatic imine (C=N–C) groups is 1. The lowest BCUT2D eigenvalue weighted by Crippen LogP contribution is -2.28. The van der Waals surface area contributed by atoms with E-state index in [9.17, 15) is 25.3 Å². The van der Waals surface area contributed by atoms with Crippen molar-refractivity contribution in [2.45, 2.75) is 19.9 Å². The zero-order chi connectivity index (χ0) is 21.8. The van der Waals surface area contributed by atoms with Crippen molar-refractivity contribution in [2.75, 3.05) is 0 Å². The molecule has 0 fully saturated rings. The van der Waals surface area contributed by atoms with Gasteiger partial charge in [0.1, 0.15) is 17.3 Å². The third-order valence-electron chi connectivity index (χ3n) is 4.87. The maximum absolute atomic E-state index is 12.9. The second-order valence-electron chi connectivity index (χ2n) is 6.61. The van der Waals surface area contributed by atoms with Crippen LogP contribution in [0.25, 0.3) is 0 Å². The molecule has 2 aromatic carbocycles. The number of para-hydroxylation sites is 2. The van der Waals surface area contributed by atoms with Gasteiger partial charge < -0.3 is 5.11 Å². The van der Waals surface area contributed by atoms with Crippen LogP contribution < -0.4 is 5.56 Å². The third kappa shape index (κ3) is 3.69. The molecule has 30 heavy (non-hydrogen) atoms. The number of benzene rings is 2. The third-order valence-corrected chi connectivity index (χ3v) is 4.87. The van der Waals surface area contributed by atoms with E-state index in [0.717, 1.165) is 10.1 Å². The second kappa shape index (κ2) is 8.41. The van der Waals surface area contributed by atoms with Crippen molar-refractivity contribution in [3.05, 3.63) is 97.3 Å². The molecule has 0 aliphatic heterocycles. The van der Waals surface area contributed by atoms with Crippen LogP contribution in [0.15, 0.2) is 64.4 Å². The summed E-state index contributed by atoms with van der Waals surface area (Å²) < 4.78 is 1.13. The first-order chi connectivity index (χ1) is 14.4. The van der Waals surface area contributed by atoms with Gasteiger partial charge in [0.25, 0.3) is 11.2 Å². The van der Waals surface area contributed by atoms with Crippen LogP contribution in [0.1, 0.15) is 35.2 Å². The molecule has 0 spiro atoms. The van der Waals surface area contributed by atoms with Gasteiger partial charge in [-0.25, -0.2) is 4.99 Å². The van der Waals surface area contributed by atoms with Gasteiger partial charge in [-0.2, -0.15) is 5.26 Å². The molecule has 8 heteroatoms. The Kier molecular flexibility index (Phi) is 5.74. The number of rotatable bonds is 5. The van der Waals surface area contributed by atoms with Crippen LogP contribution in [-0.2, 0) is 0 Å². The predicted molar refractivity (Wildman–Crippen MR) is 112 cm³/mol. The molecule has 3 rings (SSSR count). The lowest BCUT2D eigenvalue weighted by Gasteiger charge is -2.20. The van der Waals surface area contributed by atoms with Gasteiger partial charge in [0.2, 0.25) is 5.88 Å². The second-order valence-corrected chi connectivity index (χ2v) is 6.61. The highest BCUT2D eigenvalue weighted by Gasteiger charge is 2.22. The molecule has 0 amide bonds. The van der Waals surface area contributed by atoms with E-state index < -0.39 is 16.5 Å². The van der Waals surface area contributed by atoms with Crippen LogP contribution in [-0.4, -0.2) is 20.8 Å². The van der Waals surface area contributed by atoms with Crippen molar-refractivity contribution in [3.63, 3.8) is 0 Å². The molecule has 0 bridgehead atoms. The summed E-state index contributed by atoms with van der Waals surface area (Å²) in [6.07, 6.45) is 1.24. The number of pyridine rings is 1. The quantitative estimate of drug-likeness (QED) is 0.393. The zero-order valence-corrected chi connectivity index (χ0v) is 16.3. The van der Waals surface area contributed by atoms with Gasteiger partial charge in [0, 0.05) is 12.3 Å². The highest BCUT2D eigenvalue weighted by molar-refractivity contribution is 5.88. The number of hydrogen-bond acceptors (Lipinski definition) is 6. The molecular formula is C22H18N4O4.